The van der Waals surface area contributed by atoms with Crippen molar-refractivity contribution < 1.29 is 0 Å². The van der Waals surface area contributed by atoms with Crippen molar-refractivity contribution in [3.8, 4) is 0 Å². The number of benzene rings is 1. The van der Waals surface area contributed by atoms with Crippen molar-refractivity contribution in [2.45, 2.75) is 52.7 Å². The van der Waals surface area contributed by atoms with Crippen LogP contribution in [0.1, 0.15) is 38.8 Å². The molecule has 1 aromatic rings. The van der Waals surface area contributed by atoms with Crippen molar-refractivity contribution in [3.63, 3.8) is 0 Å². The van der Waals surface area contributed by atoms with Crippen molar-refractivity contribution in [2.24, 2.45) is 5.41 Å². The first-order valence-corrected chi connectivity index (χ1v) is 7.38. The SMILES string of the molecule is CC(N(C)CC1Cc2ccccc2CN1)C(C)(C)C. The van der Waals surface area contributed by atoms with E-state index in [-0.39, 0.29) is 0 Å². The van der Waals surface area contributed by atoms with E-state index in [9.17, 15) is 0 Å². The molecule has 2 atom stereocenters. The fraction of sp³-hybridized carbons (Fsp3) is 0.647. The molecule has 0 spiro atoms. The number of hydrogen-bond acceptors (Lipinski definition) is 2. The van der Waals surface area contributed by atoms with Gasteiger partial charge in [-0.2, -0.15) is 0 Å². The molecule has 19 heavy (non-hydrogen) atoms. The summed E-state index contributed by atoms with van der Waals surface area (Å²) in [5.41, 5.74) is 3.31. The van der Waals surface area contributed by atoms with E-state index in [1.165, 1.54) is 11.1 Å². The summed E-state index contributed by atoms with van der Waals surface area (Å²) in [5, 5.41) is 3.67. The average molecular weight is 260 g/mol. The molecule has 106 valence electrons. The van der Waals surface area contributed by atoms with Crippen LogP contribution in [-0.4, -0.2) is 30.6 Å². The van der Waals surface area contributed by atoms with Gasteiger partial charge in [-0.05, 0) is 36.9 Å². The molecule has 0 saturated heterocycles. The van der Waals surface area contributed by atoms with Crippen molar-refractivity contribution in [2.75, 3.05) is 13.6 Å². The molecule has 1 N–H and O–H groups in total. The van der Waals surface area contributed by atoms with Gasteiger partial charge in [-0.3, -0.25) is 0 Å². The third kappa shape index (κ3) is 3.58. The molecule has 0 amide bonds. The summed E-state index contributed by atoms with van der Waals surface area (Å²) >= 11 is 0. The van der Waals surface area contributed by atoms with Gasteiger partial charge in [0.2, 0.25) is 0 Å². The highest BCUT2D eigenvalue weighted by Crippen LogP contribution is 2.24. The summed E-state index contributed by atoms with van der Waals surface area (Å²) in [6.07, 6.45) is 1.15. The van der Waals surface area contributed by atoms with Gasteiger partial charge in [0.1, 0.15) is 0 Å². The molecule has 0 aliphatic carbocycles. The molecule has 2 heteroatoms. The Morgan fingerprint density at radius 3 is 2.53 bits per heavy atom. The second-order valence-electron chi connectivity index (χ2n) is 7.03. The van der Waals surface area contributed by atoms with Gasteiger partial charge in [-0.1, -0.05) is 45.0 Å². The summed E-state index contributed by atoms with van der Waals surface area (Å²) < 4.78 is 0. The number of hydrogen-bond donors (Lipinski definition) is 1. The lowest BCUT2D eigenvalue weighted by Gasteiger charge is -2.38. The molecule has 0 fully saturated rings. The average Bonchev–Trinajstić information content (AvgIpc) is 2.36. The highest BCUT2D eigenvalue weighted by molar-refractivity contribution is 5.29. The van der Waals surface area contributed by atoms with Crippen LogP contribution in [0.5, 0.6) is 0 Å². The quantitative estimate of drug-likeness (QED) is 0.898. The van der Waals surface area contributed by atoms with E-state index < -0.39 is 0 Å². The van der Waals surface area contributed by atoms with E-state index in [0.29, 0.717) is 17.5 Å². The molecule has 1 aromatic carbocycles. The number of fused-ring (bicyclic) bond motifs is 1. The zero-order valence-electron chi connectivity index (χ0n) is 13.0. The Morgan fingerprint density at radius 2 is 1.89 bits per heavy atom. The smallest absolute Gasteiger partial charge is 0.0238 e. The molecule has 1 aliphatic rings. The summed E-state index contributed by atoms with van der Waals surface area (Å²) in [6, 6.07) is 9.96. The van der Waals surface area contributed by atoms with E-state index >= 15 is 0 Å². The van der Waals surface area contributed by atoms with Crippen LogP contribution in [0.25, 0.3) is 0 Å². The van der Waals surface area contributed by atoms with E-state index in [4.69, 9.17) is 0 Å². The van der Waals surface area contributed by atoms with Crippen LogP contribution in [0, 0.1) is 5.41 Å². The summed E-state index contributed by atoms with van der Waals surface area (Å²) in [7, 11) is 2.25. The molecule has 1 aliphatic heterocycles. The number of rotatable bonds is 3. The van der Waals surface area contributed by atoms with Gasteiger partial charge >= 0.3 is 0 Å². The van der Waals surface area contributed by atoms with Crippen LogP contribution in [0.3, 0.4) is 0 Å². The maximum atomic E-state index is 3.67. The normalized spacial score (nSPS) is 21.3. The molecule has 0 saturated carbocycles. The minimum Gasteiger partial charge on any atom is -0.308 e. The van der Waals surface area contributed by atoms with E-state index in [0.717, 1.165) is 19.5 Å². The zero-order chi connectivity index (χ0) is 14.0. The molecular weight excluding hydrogens is 232 g/mol. The molecular formula is C17H28N2. The van der Waals surface area contributed by atoms with Crippen molar-refractivity contribution in [3.05, 3.63) is 35.4 Å². The molecule has 1 heterocycles. The predicted molar refractivity (Wildman–Crippen MR) is 82.3 cm³/mol. The third-order valence-electron chi connectivity index (χ3n) is 4.59. The summed E-state index contributed by atoms with van der Waals surface area (Å²) in [6.45, 7) is 11.4. The number of likely N-dealkylation sites (N-methyl/N-ethyl adjacent to an activating group) is 1. The summed E-state index contributed by atoms with van der Waals surface area (Å²) in [5.74, 6) is 0. The van der Waals surface area contributed by atoms with Crippen LogP contribution in [0.15, 0.2) is 24.3 Å². The van der Waals surface area contributed by atoms with Gasteiger partial charge in [0.05, 0.1) is 0 Å². The molecule has 0 radical (unpaired) electrons. The van der Waals surface area contributed by atoms with Crippen molar-refractivity contribution >= 4 is 0 Å². The van der Waals surface area contributed by atoms with Crippen molar-refractivity contribution in [1.82, 2.24) is 10.2 Å². The van der Waals surface area contributed by atoms with Crippen molar-refractivity contribution in [1.29, 1.82) is 0 Å². The minimum absolute atomic E-state index is 0.335. The second-order valence-corrected chi connectivity index (χ2v) is 7.03. The topological polar surface area (TPSA) is 15.3 Å². The Bertz CT molecular complexity index is 420. The first kappa shape index (κ1) is 14.5. The van der Waals surface area contributed by atoms with Gasteiger partial charge in [-0.15, -0.1) is 0 Å². The van der Waals surface area contributed by atoms with Crippen LogP contribution in [0.2, 0.25) is 0 Å². The van der Waals surface area contributed by atoms with Gasteiger partial charge in [0, 0.05) is 25.2 Å². The van der Waals surface area contributed by atoms with Crippen LogP contribution >= 0.6 is 0 Å². The van der Waals surface area contributed by atoms with E-state index in [2.05, 4.69) is 69.2 Å². The summed E-state index contributed by atoms with van der Waals surface area (Å²) in [4.78, 5) is 2.49. The largest absolute Gasteiger partial charge is 0.308 e. The molecule has 2 unspecified atom stereocenters. The molecule has 0 aromatic heterocycles. The maximum absolute atomic E-state index is 3.67. The number of nitrogens with one attached hydrogen (secondary N) is 1. The highest BCUT2D eigenvalue weighted by Gasteiger charge is 2.26. The Labute approximate surface area is 118 Å². The molecule has 0 bridgehead atoms. The van der Waals surface area contributed by atoms with Gasteiger partial charge in [0.15, 0.2) is 0 Å². The minimum atomic E-state index is 0.335. The van der Waals surface area contributed by atoms with Crippen LogP contribution in [-0.2, 0) is 13.0 Å². The first-order valence-electron chi connectivity index (χ1n) is 7.38. The second kappa shape index (κ2) is 5.64. The van der Waals surface area contributed by atoms with Gasteiger partial charge in [0.25, 0.3) is 0 Å². The molecule has 2 nitrogen and oxygen atoms in total. The van der Waals surface area contributed by atoms with Gasteiger partial charge in [-0.25, -0.2) is 0 Å². The van der Waals surface area contributed by atoms with E-state index in [1.54, 1.807) is 0 Å². The lowest BCUT2D eigenvalue weighted by molar-refractivity contribution is 0.127. The Hall–Kier alpha value is -0.860. The molecule has 2 rings (SSSR count). The number of nitrogens with zero attached hydrogens (tertiary/aromatic N) is 1. The fourth-order valence-corrected chi connectivity index (χ4v) is 2.82. The Balaban J connectivity index is 1.95. The van der Waals surface area contributed by atoms with Gasteiger partial charge < -0.3 is 10.2 Å². The standard InChI is InChI=1S/C17H28N2/c1-13(17(2,3)4)19(5)12-16-10-14-8-6-7-9-15(14)11-18-16/h6-9,13,16,18H,10-12H2,1-5H3. The fourth-order valence-electron chi connectivity index (χ4n) is 2.82. The zero-order valence-corrected chi connectivity index (χ0v) is 13.0. The maximum Gasteiger partial charge on any atom is 0.0238 e. The van der Waals surface area contributed by atoms with Crippen LogP contribution < -0.4 is 5.32 Å². The predicted octanol–water partition coefficient (Wildman–Crippen LogP) is 3.07. The van der Waals surface area contributed by atoms with Crippen LogP contribution in [0.4, 0.5) is 0 Å². The lowest BCUT2D eigenvalue weighted by Crippen LogP contribution is -2.48. The monoisotopic (exact) mass is 260 g/mol. The Morgan fingerprint density at radius 1 is 1.26 bits per heavy atom. The first-order chi connectivity index (χ1) is 8.88. The third-order valence-corrected chi connectivity index (χ3v) is 4.59. The lowest BCUT2D eigenvalue weighted by atomic mass is 9.86. The Kier molecular flexibility index (Phi) is 4.32. The van der Waals surface area contributed by atoms with E-state index in [1.807, 2.05) is 0 Å². The highest BCUT2D eigenvalue weighted by atomic mass is 15.2.